The van der Waals surface area contributed by atoms with Gasteiger partial charge in [0.05, 0.1) is 16.5 Å². The van der Waals surface area contributed by atoms with E-state index in [9.17, 15) is 17.2 Å². The normalized spacial score (nSPS) is 11.5. The fourth-order valence-corrected chi connectivity index (χ4v) is 2.95. The molecule has 22 heavy (non-hydrogen) atoms. The second-order valence-electron chi connectivity index (χ2n) is 4.95. The Morgan fingerprint density at radius 2 is 1.91 bits per heavy atom. The molecule has 118 valence electrons. The van der Waals surface area contributed by atoms with Crippen LogP contribution in [-0.4, -0.2) is 14.7 Å². The topological polar surface area (TPSA) is 46.2 Å². The molecule has 0 spiro atoms. The van der Waals surface area contributed by atoms with Crippen molar-refractivity contribution in [1.29, 1.82) is 0 Å². The minimum Gasteiger partial charge on any atom is -0.380 e. The Labute approximate surface area is 132 Å². The molecule has 2 aromatic carbocycles. The lowest BCUT2D eigenvalue weighted by Gasteiger charge is -2.11. The number of benzene rings is 2. The Balaban J connectivity index is 2.19. The predicted molar refractivity (Wildman–Crippen MR) is 83.7 cm³/mol. The molecule has 0 aromatic heterocycles. The molecular formula is C15H14ClF2NO2S. The van der Waals surface area contributed by atoms with Crippen molar-refractivity contribution < 1.29 is 17.2 Å². The minimum absolute atomic E-state index is 0.0334. The Kier molecular flexibility index (Phi) is 5.03. The van der Waals surface area contributed by atoms with Crippen molar-refractivity contribution in [1.82, 2.24) is 0 Å². The van der Waals surface area contributed by atoms with Crippen LogP contribution in [0, 0.1) is 11.6 Å². The van der Waals surface area contributed by atoms with E-state index in [1.165, 1.54) is 12.1 Å². The molecule has 2 aromatic rings. The van der Waals surface area contributed by atoms with E-state index in [0.717, 1.165) is 12.3 Å². The number of anilines is 1. The van der Waals surface area contributed by atoms with Gasteiger partial charge in [-0.3, -0.25) is 0 Å². The number of hydrogen-bond donors (Lipinski definition) is 1. The summed E-state index contributed by atoms with van der Waals surface area (Å²) in [7, 11) is -3.17. The van der Waals surface area contributed by atoms with Gasteiger partial charge in [-0.05, 0) is 23.8 Å². The summed E-state index contributed by atoms with van der Waals surface area (Å²) in [5.41, 5.74) is 1.19. The van der Waals surface area contributed by atoms with Crippen molar-refractivity contribution in [2.24, 2.45) is 0 Å². The zero-order chi connectivity index (χ0) is 16.3. The zero-order valence-electron chi connectivity index (χ0n) is 11.7. The summed E-state index contributed by atoms with van der Waals surface area (Å²) in [6.07, 6.45) is 1.14. The van der Waals surface area contributed by atoms with Gasteiger partial charge >= 0.3 is 0 Å². The average Bonchev–Trinajstić information content (AvgIpc) is 2.42. The largest absolute Gasteiger partial charge is 0.380 e. The van der Waals surface area contributed by atoms with Gasteiger partial charge < -0.3 is 5.32 Å². The highest BCUT2D eigenvalue weighted by Gasteiger charge is 2.10. The maximum absolute atomic E-state index is 13.6. The molecular weight excluding hydrogens is 332 g/mol. The fraction of sp³-hybridized carbons (Fsp3) is 0.200. The predicted octanol–water partition coefficient (Wildman–Crippen LogP) is 3.77. The van der Waals surface area contributed by atoms with Gasteiger partial charge in [0.15, 0.2) is 21.5 Å². The van der Waals surface area contributed by atoms with Crippen molar-refractivity contribution in [3.8, 4) is 0 Å². The van der Waals surface area contributed by atoms with E-state index >= 15 is 0 Å². The quantitative estimate of drug-likeness (QED) is 0.897. The zero-order valence-corrected chi connectivity index (χ0v) is 13.3. The van der Waals surface area contributed by atoms with Gasteiger partial charge in [0.25, 0.3) is 0 Å². The lowest BCUT2D eigenvalue weighted by molar-refractivity contribution is 0.500. The third-order valence-electron chi connectivity index (χ3n) is 2.96. The van der Waals surface area contributed by atoms with Crippen molar-refractivity contribution in [2.45, 2.75) is 12.3 Å². The molecule has 0 aliphatic rings. The second-order valence-corrected chi connectivity index (χ2v) is 7.50. The van der Waals surface area contributed by atoms with E-state index in [0.29, 0.717) is 16.3 Å². The van der Waals surface area contributed by atoms with Crippen LogP contribution in [0.25, 0.3) is 0 Å². The highest BCUT2D eigenvalue weighted by Crippen LogP contribution is 2.25. The molecule has 0 radical (unpaired) electrons. The average molecular weight is 346 g/mol. The lowest BCUT2D eigenvalue weighted by Crippen LogP contribution is -2.05. The number of rotatable bonds is 5. The maximum Gasteiger partial charge on any atom is 0.163 e. The molecule has 0 aliphatic carbocycles. The maximum atomic E-state index is 13.6. The van der Waals surface area contributed by atoms with Gasteiger partial charge in [-0.1, -0.05) is 29.8 Å². The molecule has 0 unspecified atom stereocenters. The van der Waals surface area contributed by atoms with Gasteiger partial charge in [-0.25, -0.2) is 17.2 Å². The van der Waals surface area contributed by atoms with Crippen molar-refractivity contribution >= 4 is 27.1 Å². The summed E-state index contributed by atoms with van der Waals surface area (Å²) in [5.74, 6) is -1.96. The van der Waals surface area contributed by atoms with Crippen LogP contribution in [0.4, 0.5) is 14.5 Å². The highest BCUT2D eigenvalue weighted by molar-refractivity contribution is 7.89. The SMILES string of the molecule is CS(=O)(=O)Cc1ccc(Cl)c(NCc2cccc(F)c2F)c1. The molecule has 0 heterocycles. The second kappa shape index (κ2) is 6.62. The molecule has 0 amide bonds. The Morgan fingerprint density at radius 3 is 2.59 bits per heavy atom. The third kappa shape index (κ3) is 4.42. The lowest BCUT2D eigenvalue weighted by atomic mass is 10.2. The number of halogens is 3. The van der Waals surface area contributed by atoms with E-state index < -0.39 is 21.5 Å². The summed E-state index contributed by atoms with van der Waals surface area (Å²) < 4.78 is 49.3. The Morgan fingerprint density at radius 1 is 1.18 bits per heavy atom. The minimum atomic E-state index is -3.17. The van der Waals surface area contributed by atoms with Crippen molar-refractivity contribution in [3.05, 3.63) is 64.2 Å². The van der Waals surface area contributed by atoms with Crippen molar-refractivity contribution in [3.63, 3.8) is 0 Å². The van der Waals surface area contributed by atoms with Crippen LogP contribution in [0.1, 0.15) is 11.1 Å². The number of nitrogens with one attached hydrogen (secondary N) is 1. The molecule has 0 saturated heterocycles. The highest BCUT2D eigenvalue weighted by atomic mass is 35.5. The van der Waals surface area contributed by atoms with E-state index in [-0.39, 0.29) is 17.9 Å². The first kappa shape index (κ1) is 16.7. The van der Waals surface area contributed by atoms with Crippen molar-refractivity contribution in [2.75, 3.05) is 11.6 Å². The van der Waals surface area contributed by atoms with E-state index in [1.807, 2.05) is 0 Å². The van der Waals surface area contributed by atoms with Gasteiger partial charge in [-0.2, -0.15) is 0 Å². The van der Waals surface area contributed by atoms with Crippen LogP contribution < -0.4 is 5.32 Å². The van der Waals surface area contributed by atoms with Crippen LogP contribution >= 0.6 is 11.6 Å². The van der Waals surface area contributed by atoms with Gasteiger partial charge in [-0.15, -0.1) is 0 Å². The summed E-state index contributed by atoms with van der Waals surface area (Å²) in [6, 6.07) is 8.67. The van der Waals surface area contributed by atoms with Gasteiger partial charge in [0, 0.05) is 18.4 Å². The van der Waals surface area contributed by atoms with Crippen LogP contribution in [0.5, 0.6) is 0 Å². The number of hydrogen-bond acceptors (Lipinski definition) is 3. The molecule has 3 nitrogen and oxygen atoms in total. The molecule has 0 atom stereocenters. The summed E-state index contributed by atoms with van der Waals surface area (Å²) >= 11 is 6.02. The van der Waals surface area contributed by atoms with E-state index in [4.69, 9.17) is 11.6 Å². The molecule has 7 heteroatoms. The van der Waals surface area contributed by atoms with Gasteiger partial charge in [0.2, 0.25) is 0 Å². The molecule has 0 bridgehead atoms. The Hall–Kier alpha value is -1.66. The van der Waals surface area contributed by atoms with Crippen LogP contribution in [0.15, 0.2) is 36.4 Å². The van der Waals surface area contributed by atoms with Crippen LogP contribution in [0.3, 0.4) is 0 Å². The third-order valence-corrected chi connectivity index (χ3v) is 4.15. The molecule has 2 rings (SSSR count). The first-order valence-electron chi connectivity index (χ1n) is 6.39. The molecule has 0 saturated carbocycles. The summed E-state index contributed by atoms with van der Waals surface area (Å²) in [5, 5.41) is 3.26. The molecule has 0 fully saturated rings. The van der Waals surface area contributed by atoms with E-state index in [2.05, 4.69) is 5.32 Å². The summed E-state index contributed by atoms with van der Waals surface area (Å²) in [6.45, 7) is 0.0334. The fourth-order valence-electron chi connectivity index (χ4n) is 1.98. The van der Waals surface area contributed by atoms with Gasteiger partial charge in [0.1, 0.15) is 0 Å². The monoisotopic (exact) mass is 345 g/mol. The smallest absolute Gasteiger partial charge is 0.163 e. The number of sulfone groups is 1. The first-order valence-corrected chi connectivity index (χ1v) is 8.83. The van der Waals surface area contributed by atoms with Crippen LogP contribution in [0.2, 0.25) is 5.02 Å². The van der Waals surface area contributed by atoms with Crippen LogP contribution in [-0.2, 0) is 22.1 Å². The first-order chi connectivity index (χ1) is 10.3. The Bertz CT molecular complexity index is 794. The molecule has 1 N–H and O–H groups in total. The standard InChI is InChI=1S/C15H14ClF2NO2S/c1-22(20,21)9-10-5-6-12(16)14(7-10)19-8-11-3-2-4-13(17)15(11)18/h2-7,19H,8-9H2,1H3. The van der Waals surface area contributed by atoms with E-state index in [1.54, 1.807) is 18.2 Å². The molecule has 0 aliphatic heterocycles. The summed E-state index contributed by atoms with van der Waals surface area (Å²) in [4.78, 5) is 0.